The van der Waals surface area contributed by atoms with Gasteiger partial charge in [0.2, 0.25) is 11.2 Å². The van der Waals surface area contributed by atoms with E-state index in [1.54, 1.807) is 39.0 Å². The number of carbonyl (C=O) groups excluding carboxylic acids is 1. The molecule has 0 aliphatic rings. The molecule has 0 radical (unpaired) electrons. The van der Waals surface area contributed by atoms with Crippen molar-refractivity contribution in [2.24, 2.45) is 5.92 Å². The molecule has 0 saturated heterocycles. The molecule has 1 heterocycles. The average Bonchev–Trinajstić information content (AvgIpc) is 2.92. The number of rotatable bonds is 5. The molecule has 1 aromatic heterocycles. The third kappa shape index (κ3) is 6.82. The molecule has 0 fully saturated rings. The largest absolute Gasteiger partial charge is 0.323 e. The molecule has 2 rings (SSSR count). The summed E-state index contributed by atoms with van der Waals surface area (Å²) in [5.74, 6) is -3.85. The second-order valence-electron chi connectivity index (χ2n) is 6.16. The molecule has 0 aliphatic carbocycles. The van der Waals surface area contributed by atoms with Gasteiger partial charge in [-0.1, -0.05) is 32.0 Å². The summed E-state index contributed by atoms with van der Waals surface area (Å²) in [5, 5.41) is -0.0182. The van der Waals surface area contributed by atoms with E-state index >= 15 is 0 Å². The summed E-state index contributed by atoms with van der Waals surface area (Å²) in [6.07, 6.45) is 0.545. The van der Waals surface area contributed by atoms with Crippen LogP contribution in [0.3, 0.4) is 0 Å². The fraction of sp³-hybridized carbons (Fsp3) is 0.412. The first kappa shape index (κ1) is 24.5. The van der Waals surface area contributed by atoms with Crippen LogP contribution in [-0.2, 0) is 10.0 Å². The summed E-state index contributed by atoms with van der Waals surface area (Å²) in [7, 11) is -3.96. The van der Waals surface area contributed by atoms with Crippen LogP contribution in [0.1, 0.15) is 43.2 Å². The minimum atomic E-state index is -3.96. The van der Waals surface area contributed by atoms with E-state index in [2.05, 4.69) is 25.9 Å². The molecule has 11 heteroatoms. The van der Waals surface area contributed by atoms with Gasteiger partial charge in [0.15, 0.2) is 5.69 Å². The van der Waals surface area contributed by atoms with E-state index in [1.165, 1.54) is 6.07 Å². The van der Waals surface area contributed by atoms with Crippen LogP contribution in [0.25, 0.3) is 0 Å². The number of halogens is 4. The molecular formula is C17H21BrClF2N3O3S. The predicted octanol–water partition coefficient (Wildman–Crippen LogP) is 4.94. The lowest BCUT2D eigenvalue weighted by atomic mass is 10.0. The molecular weight excluding hydrogens is 480 g/mol. The molecule has 6 nitrogen and oxygen atoms in total. The molecule has 0 unspecified atom stereocenters. The van der Waals surface area contributed by atoms with Gasteiger partial charge < -0.3 is 4.98 Å². The third-order valence-electron chi connectivity index (χ3n) is 3.93. The number of aryl methyl sites for hydroxylation is 1. The summed E-state index contributed by atoms with van der Waals surface area (Å²) in [6, 6.07) is 6.34. The van der Waals surface area contributed by atoms with E-state index in [-0.39, 0.29) is 20.5 Å². The number of nitrogens with zero attached hydrogens (tertiary/aromatic N) is 1. The maximum Gasteiger partial charge on any atom is 0.286 e. The smallest absolute Gasteiger partial charge is 0.286 e. The number of H-pyrrole nitrogens is 1. The number of alkyl halides is 2. The maximum absolute atomic E-state index is 12.1. The Bertz CT molecular complexity index is 930. The molecule has 2 aromatic rings. The van der Waals surface area contributed by atoms with Crippen LogP contribution in [0.5, 0.6) is 0 Å². The van der Waals surface area contributed by atoms with Gasteiger partial charge in [-0.3, -0.25) is 4.79 Å². The molecule has 1 atom stereocenters. The number of aromatic amines is 1. The van der Waals surface area contributed by atoms with Gasteiger partial charge >= 0.3 is 0 Å². The van der Waals surface area contributed by atoms with E-state index in [4.69, 9.17) is 11.6 Å². The van der Waals surface area contributed by atoms with Crippen molar-refractivity contribution in [1.29, 1.82) is 0 Å². The topological polar surface area (TPSA) is 91.9 Å². The van der Waals surface area contributed by atoms with E-state index in [9.17, 15) is 22.0 Å². The Kier molecular flexibility index (Phi) is 8.58. The third-order valence-corrected chi connectivity index (χ3v) is 6.18. The first-order valence-corrected chi connectivity index (χ1v) is 10.9. The number of aromatic nitrogens is 2. The Morgan fingerprint density at radius 1 is 1.39 bits per heavy atom. The monoisotopic (exact) mass is 499 g/mol. The molecule has 0 aliphatic heterocycles. The number of sulfonamides is 1. The van der Waals surface area contributed by atoms with Crippen molar-refractivity contribution in [2.45, 2.75) is 44.9 Å². The number of carbonyl (C=O) groups is 1. The Hall–Kier alpha value is -1.52. The lowest BCUT2D eigenvalue weighted by Crippen LogP contribution is -2.31. The quantitative estimate of drug-likeness (QED) is 0.608. The Morgan fingerprint density at radius 2 is 1.96 bits per heavy atom. The zero-order chi connectivity index (χ0) is 21.7. The van der Waals surface area contributed by atoms with E-state index in [0.717, 1.165) is 6.92 Å². The summed E-state index contributed by atoms with van der Waals surface area (Å²) in [5.41, 5.74) is 0.402. The summed E-state index contributed by atoms with van der Waals surface area (Å²) in [4.78, 5) is 18.2. The second-order valence-corrected chi connectivity index (χ2v) is 8.96. The van der Waals surface area contributed by atoms with Crippen molar-refractivity contribution in [3.63, 3.8) is 0 Å². The molecule has 28 heavy (non-hydrogen) atoms. The molecule has 0 saturated carbocycles. The molecule has 1 aromatic carbocycles. The first-order valence-electron chi connectivity index (χ1n) is 8.21. The zero-order valence-corrected chi connectivity index (χ0v) is 18.8. The van der Waals surface area contributed by atoms with Crippen LogP contribution < -0.4 is 4.72 Å². The predicted molar refractivity (Wildman–Crippen MR) is 107 cm³/mol. The molecule has 1 amide bonds. The Labute approximate surface area is 176 Å². The highest BCUT2D eigenvalue weighted by Crippen LogP contribution is 2.25. The van der Waals surface area contributed by atoms with Crippen molar-refractivity contribution < 1.29 is 22.0 Å². The van der Waals surface area contributed by atoms with Gasteiger partial charge in [-0.05, 0) is 59.4 Å². The van der Waals surface area contributed by atoms with Gasteiger partial charge in [0.1, 0.15) is 4.60 Å². The van der Waals surface area contributed by atoms with Crippen LogP contribution in [0.15, 0.2) is 33.8 Å². The highest BCUT2D eigenvalue weighted by molar-refractivity contribution is 9.10. The van der Waals surface area contributed by atoms with Gasteiger partial charge in [0, 0.05) is 5.92 Å². The second kappa shape index (κ2) is 9.80. The minimum absolute atomic E-state index is 0.0182. The van der Waals surface area contributed by atoms with Gasteiger partial charge in [0.25, 0.3) is 15.9 Å². The molecule has 156 valence electrons. The molecule has 0 spiro atoms. The van der Waals surface area contributed by atoms with Crippen molar-refractivity contribution in [3.05, 3.63) is 45.4 Å². The summed E-state index contributed by atoms with van der Waals surface area (Å²) >= 11 is 8.63. The fourth-order valence-electron chi connectivity index (χ4n) is 1.92. The van der Waals surface area contributed by atoms with E-state index in [1.807, 2.05) is 4.72 Å². The highest BCUT2D eigenvalue weighted by atomic mass is 79.9. The molecule has 0 bridgehead atoms. The summed E-state index contributed by atoms with van der Waals surface area (Å²) in [6.45, 7) is 5.92. The Balaban J connectivity index is 0.000000416. The number of amides is 1. The number of hydrogen-bond acceptors (Lipinski definition) is 4. The average molecular weight is 501 g/mol. The summed E-state index contributed by atoms with van der Waals surface area (Å²) < 4.78 is 50.7. The van der Waals surface area contributed by atoms with Crippen molar-refractivity contribution >= 4 is 43.5 Å². The van der Waals surface area contributed by atoms with Crippen LogP contribution in [-0.4, -0.2) is 30.2 Å². The number of benzene rings is 1. The van der Waals surface area contributed by atoms with E-state index < -0.39 is 27.8 Å². The highest BCUT2D eigenvalue weighted by Gasteiger charge is 2.28. The van der Waals surface area contributed by atoms with Crippen LogP contribution in [0, 0.1) is 12.8 Å². The number of imidazole rings is 1. The zero-order valence-electron chi connectivity index (χ0n) is 15.7. The van der Waals surface area contributed by atoms with E-state index in [0.29, 0.717) is 12.0 Å². The van der Waals surface area contributed by atoms with Crippen molar-refractivity contribution in [2.75, 3.05) is 0 Å². The van der Waals surface area contributed by atoms with Crippen LogP contribution in [0.2, 0.25) is 5.28 Å². The SMILES string of the molecule is CC[C@@H](C)C(C)(F)F.Cc1ccccc1S(=O)(=O)NC(=O)c1nc(Cl)[nH]c1Br. The van der Waals surface area contributed by atoms with Crippen molar-refractivity contribution in [3.8, 4) is 0 Å². The van der Waals surface area contributed by atoms with Gasteiger partial charge in [-0.2, -0.15) is 0 Å². The normalized spacial score (nSPS) is 12.7. The number of nitrogens with one attached hydrogen (secondary N) is 2. The fourth-order valence-corrected chi connectivity index (χ4v) is 3.87. The lowest BCUT2D eigenvalue weighted by molar-refractivity contribution is -0.0335. The maximum atomic E-state index is 12.1. The Morgan fingerprint density at radius 3 is 2.36 bits per heavy atom. The van der Waals surface area contributed by atoms with Gasteiger partial charge in [-0.15, -0.1) is 0 Å². The number of hydrogen-bond donors (Lipinski definition) is 2. The lowest BCUT2D eigenvalue weighted by Gasteiger charge is -2.16. The van der Waals surface area contributed by atoms with Crippen molar-refractivity contribution in [1.82, 2.24) is 14.7 Å². The minimum Gasteiger partial charge on any atom is -0.323 e. The molecule has 2 N–H and O–H groups in total. The van der Waals surface area contributed by atoms with Gasteiger partial charge in [-0.25, -0.2) is 26.9 Å². The standard InChI is InChI=1S/C11H9BrClN3O3S.C6H12F2/c1-6-4-2-3-5-7(6)20(18,19)16-10(17)8-9(12)15-11(13)14-8;1-4-5(2)6(3,7)8/h2-5H,1H3,(H,14,15)(H,16,17);5H,4H2,1-3H3/t;5-/m.1/s1. The van der Waals surface area contributed by atoms with Crippen LogP contribution >= 0.6 is 27.5 Å². The first-order chi connectivity index (χ1) is 12.8. The van der Waals surface area contributed by atoms with Crippen LogP contribution in [0.4, 0.5) is 8.78 Å². The van der Waals surface area contributed by atoms with Gasteiger partial charge in [0.05, 0.1) is 4.90 Å².